The van der Waals surface area contributed by atoms with Gasteiger partial charge < -0.3 is 15.4 Å². The van der Waals surface area contributed by atoms with Crippen molar-refractivity contribution in [3.05, 3.63) is 11.7 Å². The van der Waals surface area contributed by atoms with Crippen LogP contribution in [0.1, 0.15) is 25.6 Å². The molecule has 0 aromatic carbocycles. The molecule has 0 saturated heterocycles. The molecule has 1 rings (SSSR count). The largest absolute Gasteiger partial charge is 0.480 e. The highest BCUT2D eigenvalue weighted by Crippen LogP contribution is 2.12. The lowest BCUT2D eigenvalue weighted by atomic mass is 10.1. The van der Waals surface area contributed by atoms with Crippen molar-refractivity contribution >= 4 is 17.7 Å². The summed E-state index contributed by atoms with van der Waals surface area (Å²) in [5.74, 6) is 1.52. The topological polar surface area (TPSA) is 102 Å². The number of carboxylic acid groups (broad SMARTS) is 1. The number of thioether (sulfide) groups is 1. The fourth-order valence-electron chi connectivity index (χ4n) is 1.14. The van der Waals surface area contributed by atoms with Crippen LogP contribution in [-0.4, -0.2) is 33.0 Å². The van der Waals surface area contributed by atoms with E-state index in [1.165, 1.54) is 11.8 Å². The smallest absolute Gasteiger partial charge is 0.321 e. The number of carboxylic acids is 1. The van der Waals surface area contributed by atoms with Gasteiger partial charge in [0.1, 0.15) is 6.04 Å². The van der Waals surface area contributed by atoms with Crippen molar-refractivity contribution in [3.63, 3.8) is 0 Å². The van der Waals surface area contributed by atoms with Gasteiger partial charge in [-0.2, -0.15) is 4.98 Å². The first-order valence-corrected chi connectivity index (χ1v) is 6.52. The van der Waals surface area contributed by atoms with Crippen LogP contribution in [0.25, 0.3) is 0 Å². The van der Waals surface area contributed by atoms with Crippen LogP contribution >= 0.6 is 11.8 Å². The van der Waals surface area contributed by atoms with Gasteiger partial charge in [-0.05, 0) is 5.92 Å². The molecule has 0 radical (unpaired) electrons. The van der Waals surface area contributed by atoms with Crippen molar-refractivity contribution in [1.82, 2.24) is 10.1 Å². The third-order valence-electron chi connectivity index (χ3n) is 1.94. The van der Waals surface area contributed by atoms with Crippen LogP contribution in [0.5, 0.6) is 0 Å². The summed E-state index contributed by atoms with van der Waals surface area (Å²) in [7, 11) is 0. The van der Waals surface area contributed by atoms with Crippen molar-refractivity contribution in [2.24, 2.45) is 11.7 Å². The Hall–Kier alpha value is -1.08. The number of hydrogen-bond donors (Lipinski definition) is 2. The van der Waals surface area contributed by atoms with E-state index >= 15 is 0 Å². The van der Waals surface area contributed by atoms with E-state index in [-0.39, 0.29) is 0 Å². The molecule has 6 nitrogen and oxygen atoms in total. The van der Waals surface area contributed by atoms with E-state index in [9.17, 15) is 4.79 Å². The molecular weight excluding hydrogens is 242 g/mol. The van der Waals surface area contributed by atoms with Gasteiger partial charge in [0, 0.05) is 12.2 Å². The fraction of sp³-hybridized carbons (Fsp3) is 0.700. The zero-order valence-electron chi connectivity index (χ0n) is 9.92. The summed E-state index contributed by atoms with van der Waals surface area (Å²) < 4.78 is 5.04. The summed E-state index contributed by atoms with van der Waals surface area (Å²) in [6.45, 7) is 4.16. The maximum atomic E-state index is 10.5. The summed E-state index contributed by atoms with van der Waals surface area (Å²) in [6.07, 6.45) is 0.781. The van der Waals surface area contributed by atoms with Gasteiger partial charge in [0.15, 0.2) is 5.82 Å². The van der Waals surface area contributed by atoms with Crippen LogP contribution in [0.15, 0.2) is 4.52 Å². The first-order chi connectivity index (χ1) is 7.99. The Labute approximate surface area is 104 Å². The Morgan fingerprint density at radius 1 is 1.59 bits per heavy atom. The number of nitrogens with zero attached hydrogens (tertiary/aromatic N) is 2. The molecule has 0 aliphatic heterocycles. The molecule has 1 aromatic heterocycles. The van der Waals surface area contributed by atoms with Crippen molar-refractivity contribution in [2.45, 2.75) is 32.1 Å². The van der Waals surface area contributed by atoms with E-state index < -0.39 is 12.0 Å². The Kier molecular flexibility index (Phi) is 5.43. The van der Waals surface area contributed by atoms with Gasteiger partial charge >= 0.3 is 5.97 Å². The quantitative estimate of drug-likeness (QED) is 0.750. The fourth-order valence-corrected chi connectivity index (χ4v) is 1.95. The zero-order chi connectivity index (χ0) is 12.8. The van der Waals surface area contributed by atoms with E-state index in [0.29, 0.717) is 29.1 Å². The first kappa shape index (κ1) is 14.0. The van der Waals surface area contributed by atoms with Crippen molar-refractivity contribution < 1.29 is 14.4 Å². The van der Waals surface area contributed by atoms with Crippen molar-refractivity contribution in [1.29, 1.82) is 0 Å². The molecule has 0 bridgehead atoms. The third-order valence-corrected chi connectivity index (χ3v) is 2.99. The molecule has 0 fully saturated rings. The molecule has 0 amide bonds. The van der Waals surface area contributed by atoms with Gasteiger partial charge in [0.25, 0.3) is 0 Å². The van der Waals surface area contributed by atoms with Crippen molar-refractivity contribution in [3.8, 4) is 0 Å². The molecule has 1 heterocycles. The highest BCUT2D eigenvalue weighted by atomic mass is 32.2. The monoisotopic (exact) mass is 259 g/mol. The summed E-state index contributed by atoms with van der Waals surface area (Å²) >= 11 is 1.37. The molecule has 3 N–H and O–H groups in total. The van der Waals surface area contributed by atoms with E-state index in [1.807, 2.05) is 0 Å². The maximum absolute atomic E-state index is 10.5. The second kappa shape index (κ2) is 6.61. The summed E-state index contributed by atoms with van der Waals surface area (Å²) in [5.41, 5.74) is 5.36. The maximum Gasteiger partial charge on any atom is 0.321 e. The van der Waals surface area contributed by atoms with Crippen LogP contribution < -0.4 is 5.73 Å². The number of carbonyl (C=O) groups is 1. The van der Waals surface area contributed by atoms with E-state index in [0.717, 1.165) is 6.42 Å². The van der Waals surface area contributed by atoms with Crippen LogP contribution in [0.2, 0.25) is 0 Å². The Balaban J connectivity index is 2.32. The minimum Gasteiger partial charge on any atom is -0.480 e. The lowest BCUT2D eigenvalue weighted by molar-refractivity contribution is -0.137. The second-order valence-corrected chi connectivity index (χ2v) is 5.19. The average Bonchev–Trinajstić information content (AvgIpc) is 2.64. The predicted molar refractivity (Wildman–Crippen MR) is 64.6 cm³/mol. The van der Waals surface area contributed by atoms with Gasteiger partial charge in [-0.3, -0.25) is 4.79 Å². The normalized spacial score (nSPS) is 12.9. The minimum absolute atomic E-state index is 0.331. The van der Waals surface area contributed by atoms with Gasteiger partial charge in [0.2, 0.25) is 5.89 Å². The molecule has 17 heavy (non-hydrogen) atoms. The third kappa shape index (κ3) is 5.18. The molecule has 0 aliphatic rings. The average molecular weight is 259 g/mol. The summed E-state index contributed by atoms with van der Waals surface area (Å²) in [4.78, 5) is 14.7. The second-order valence-electron chi connectivity index (χ2n) is 4.16. The number of nitrogens with two attached hydrogens (primary N) is 1. The molecule has 0 aliphatic carbocycles. The molecule has 7 heteroatoms. The van der Waals surface area contributed by atoms with E-state index in [4.69, 9.17) is 15.4 Å². The molecular formula is C10H17N3O3S. The molecule has 0 spiro atoms. The van der Waals surface area contributed by atoms with Crippen LogP contribution in [-0.2, 0) is 17.0 Å². The molecule has 1 atom stereocenters. The highest BCUT2D eigenvalue weighted by molar-refractivity contribution is 7.98. The van der Waals surface area contributed by atoms with Gasteiger partial charge in [-0.25, -0.2) is 0 Å². The number of aromatic nitrogens is 2. The van der Waals surface area contributed by atoms with Crippen LogP contribution in [0, 0.1) is 5.92 Å². The van der Waals surface area contributed by atoms with Gasteiger partial charge in [0.05, 0.1) is 5.75 Å². The molecule has 96 valence electrons. The lowest BCUT2D eigenvalue weighted by Crippen LogP contribution is -2.32. The highest BCUT2D eigenvalue weighted by Gasteiger charge is 2.13. The molecule has 0 saturated carbocycles. The molecule has 1 unspecified atom stereocenters. The summed E-state index contributed by atoms with van der Waals surface area (Å²) in [6, 6.07) is -0.849. The number of rotatable bonds is 7. The SMILES string of the molecule is CC(C)Cc1noc(CSCC(N)C(=O)O)n1. The predicted octanol–water partition coefficient (Wildman–Crippen LogP) is 0.913. The van der Waals surface area contributed by atoms with E-state index in [2.05, 4.69) is 24.0 Å². The Morgan fingerprint density at radius 2 is 2.29 bits per heavy atom. The molecule has 1 aromatic rings. The Bertz CT molecular complexity index is 367. The van der Waals surface area contributed by atoms with Crippen molar-refractivity contribution in [2.75, 3.05) is 5.75 Å². The number of aliphatic carboxylic acids is 1. The minimum atomic E-state index is -0.997. The van der Waals surface area contributed by atoms with E-state index in [1.54, 1.807) is 0 Å². The van der Waals surface area contributed by atoms with Crippen LogP contribution in [0.4, 0.5) is 0 Å². The first-order valence-electron chi connectivity index (χ1n) is 5.36. The summed E-state index contributed by atoms with van der Waals surface area (Å²) in [5, 5.41) is 12.4. The van der Waals surface area contributed by atoms with Gasteiger partial charge in [-0.15, -0.1) is 11.8 Å². The Morgan fingerprint density at radius 3 is 2.88 bits per heavy atom. The standard InChI is InChI=1S/C10H17N3O3S/c1-6(2)3-8-12-9(16-13-8)5-17-4-7(11)10(14)15/h6-7H,3-5,11H2,1-2H3,(H,14,15). The number of hydrogen-bond acceptors (Lipinski definition) is 6. The zero-order valence-corrected chi connectivity index (χ0v) is 10.7. The van der Waals surface area contributed by atoms with Crippen LogP contribution in [0.3, 0.4) is 0 Å². The lowest BCUT2D eigenvalue weighted by Gasteiger charge is -2.03. The van der Waals surface area contributed by atoms with Gasteiger partial charge in [-0.1, -0.05) is 19.0 Å².